The number of hydrogen-bond acceptors (Lipinski definition) is 12. The molecule has 0 saturated heterocycles. The van der Waals surface area contributed by atoms with E-state index >= 15 is 0 Å². The molecule has 17 nitrogen and oxygen atoms in total. The molecule has 0 aromatic heterocycles. The van der Waals surface area contributed by atoms with Crippen LogP contribution in [0.3, 0.4) is 0 Å². The van der Waals surface area contributed by atoms with Crippen LogP contribution >= 0.6 is 0 Å². The molecule has 2 amide bonds. The maximum Gasteiger partial charge on any atom is 0.404 e. The lowest BCUT2D eigenvalue weighted by atomic mass is 10.4. The molecule has 17 heteroatoms. The lowest BCUT2D eigenvalue weighted by molar-refractivity contribution is -0.122. The van der Waals surface area contributed by atoms with Crippen molar-refractivity contribution in [3.63, 3.8) is 0 Å². The number of carbonyl (C=O) groups excluding carboxylic acids is 1. The van der Waals surface area contributed by atoms with Crippen LogP contribution < -0.4 is 10.6 Å². The minimum atomic E-state index is -1.12. The zero-order valence-electron chi connectivity index (χ0n) is 23.8. The number of ether oxygens (including phenoxy) is 9. The standard InChI is InChI=1S/C24H47N5O12/c25-29-28-4-6-34-8-10-36-12-14-38-16-18-40-20-22-41-21-19-39-17-15-37-13-11-35-9-7-33-5-1-23(30)26-2-3-27-24(31)32/h27H,1-22H2,(H,26,30)(H,31,32). The van der Waals surface area contributed by atoms with Crippen molar-refractivity contribution in [2.75, 3.05) is 139 Å². The molecule has 41 heavy (non-hydrogen) atoms. The van der Waals surface area contributed by atoms with Gasteiger partial charge in [0.25, 0.3) is 0 Å². The van der Waals surface area contributed by atoms with E-state index in [0.717, 1.165) is 0 Å². The van der Waals surface area contributed by atoms with E-state index in [1.807, 2.05) is 0 Å². The van der Waals surface area contributed by atoms with Crippen molar-refractivity contribution >= 4 is 12.0 Å². The van der Waals surface area contributed by atoms with Crippen molar-refractivity contribution in [3.8, 4) is 0 Å². The summed E-state index contributed by atoms with van der Waals surface area (Å²) in [5.41, 5.74) is 8.12. The Hall–Kier alpha value is -2.31. The lowest BCUT2D eigenvalue weighted by Crippen LogP contribution is -2.34. The largest absolute Gasteiger partial charge is 0.465 e. The maximum atomic E-state index is 11.5. The number of rotatable bonds is 33. The summed E-state index contributed by atoms with van der Waals surface area (Å²) in [7, 11) is 0. The number of nitrogens with zero attached hydrogens (tertiary/aromatic N) is 3. The summed E-state index contributed by atoms with van der Waals surface area (Å²) in [4.78, 5) is 24.4. The van der Waals surface area contributed by atoms with Gasteiger partial charge in [-0.25, -0.2) is 4.79 Å². The summed E-state index contributed by atoms with van der Waals surface area (Å²) in [6.45, 7) is 8.63. The first-order valence-electron chi connectivity index (χ1n) is 13.6. The van der Waals surface area contributed by atoms with Crippen molar-refractivity contribution in [2.45, 2.75) is 6.42 Å². The van der Waals surface area contributed by atoms with Crippen molar-refractivity contribution < 1.29 is 57.3 Å². The Morgan fingerprint density at radius 1 is 0.537 bits per heavy atom. The molecule has 0 heterocycles. The van der Waals surface area contributed by atoms with E-state index < -0.39 is 6.09 Å². The van der Waals surface area contributed by atoms with Gasteiger partial charge < -0.3 is 58.4 Å². The lowest BCUT2D eigenvalue weighted by Gasteiger charge is -2.09. The third-order valence-electron chi connectivity index (χ3n) is 4.57. The van der Waals surface area contributed by atoms with Gasteiger partial charge in [-0.15, -0.1) is 0 Å². The number of carboxylic acid groups (broad SMARTS) is 1. The summed E-state index contributed by atoms with van der Waals surface area (Å²) < 4.78 is 48.3. The fraction of sp³-hybridized carbons (Fsp3) is 0.917. The Morgan fingerprint density at radius 3 is 1.20 bits per heavy atom. The van der Waals surface area contributed by atoms with Gasteiger partial charge in [0.15, 0.2) is 0 Å². The van der Waals surface area contributed by atoms with Gasteiger partial charge in [0.1, 0.15) is 0 Å². The van der Waals surface area contributed by atoms with Crippen molar-refractivity contribution in [1.82, 2.24) is 10.6 Å². The predicted octanol–water partition coefficient (Wildman–Crippen LogP) is 0.220. The number of nitrogens with one attached hydrogen (secondary N) is 2. The minimum absolute atomic E-state index is 0.161. The van der Waals surface area contributed by atoms with Gasteiger partial charge >= 0.3 is 6.09 Å². The van der Waals surface area contributed by atoms with Gasteiger partial charge in [-0.05, 0) is 5.53 Å². The van der Waals surface area contributed by atoms with Gasteiger partial charge in [-0.2, -0.15) is 0 Å². The average molecular weight is 598 g/mol. The Bertz CT molecular complexity index is 644. The van der Waals surface area contributed by atoms with E-state index in [9.17, 15) is 9.59 Å². The maximum absolute atomic E-state index is 11.5. The third kappa shape index (κ3) is 35.7. The summed E-state index contributed by atoms with van der Waals surface area (Å²) in [5, 5.41) is 16.5. The molecule has 0 aliphatic carbocycles. The highest BCUT2D eigenvalue weighted by Crippen LogP contribution is 1.87. The molecule has 0 fully saturated rings. The van der Waals surface area contributed by atoms with Crippen molar-refractivity contribution in [3.05, 3.63) is 10.4 Å². The summed E-state index contributed by atoms with van der Waals surface area (Å²) >= 11 is 0. The number of amides is 2. The van der Waals surface area contributed by atoms with Gasteiger partial charge in [0.2, 0.25) is 5.91 Å². The Balaban J connectivity index is 3.10. The van der Waals surface area contributed by atoms with Gasteiger partial charge in [-0.3, -0.25) is 4.79 Å². The van der Waals surface area contributed by atoms with Crippen LogP contribution in [-0.4, -0.2) is 156 Å². The van der Waals surface area contributed by atoms with E-state index in [1.54, 1.807) is 0 Å². The molecule has 0 unspecified atom stereocenters. The second kappa shape index (κ2) is 33.9. The molecule has 0 aromatic carbocycles. The zero-order chi connectivity index (χ0) is 29.9. The SMILES string of the molecule is [N-]=[N+]=NCCOCCOCCOCCOCCOCCOCCOCCOCCOCCC(=O)NCCNC(=O)O. The molecule has 0 radical (unpaired) electrons. The highest BCUT2D eigenvalue weighted by Gasteiger charge is 2.01. The quantitative estimate of drug-likeness (QED) is 0.0401. The molecule has 3 N–H and O–H groups in total. The first-order valence-corrected chi connectivity index (χ1v) is 13.6. The summed E-state index contributed by atoms with van der Waals surface area (Å²) in [5.74, 6) is -0.202. The van der Waals surface area contributed by atoms with Crippen molar-refractivity contribution in [2.24, 2.45) is 5.11 Å². The summed E-state index contributed by atoms with van der Waals surface area (Å²) in [6, 6.07) is 0. The highest BCUT2D eigenvalue weighted by atomic mass is 16.6. The van der Waals surface area contributed by atoms with E-state index in [2.05, 4.69) is 20.7 Å². The van der Waals surface area contributed by atoms with Crippen LogP contribution in [0, 0.1) is 0 Å². The van der Waals surface area contributed by atoms with E-state index in [4.69, 9.17) is 53.3 Å². The number of hydrogen-bond donors (Lipinski definition) is 3. The van der Waals surface area contributed by atoms with Crippen LogP contribution in [-0.2, 0) is 47.4 Å². The van der Waals surface area contributed by atoms with E-state index in [-0.39, 0.29) is 32.0 Å². The Kier molecular flexibility index (Phi) is 32.0. The van der Waals surface area contributed by atoms with Crippen LogP contribution in [0.2, 0.25) is 0 Å². The second-order valence-electron chi connectivity index (χ2n) is 7.80. The zero-order valence-corrected chi connectivity index (χ0v) is 23.8. The molecule has 0 rings (SSSR count). The molecular formula is C24H47N5O12. The Labute approximate surface area is 241 Å². The highest BCUT2D eigenvalue weighted by molar-refractivity contribution is 5.76. The van der Waals surface area contributed by atoms with E-state index in [1.165, 1.54) is 0 Å². The van der Waals surface area contributed by atoms with Gasteiger partial charge in [0.05, 0.1) is 119 Å². The molecular weight excluding hydrogens is 550 g/mol. The van der Waals surface area contributed by atoms with Crippen LogP contribution in [0.4, 0.5) is 4.79 Å². The van der Waals surface area contributed by atoms with Crippen LogP contribution in [0.5, 0.6) is 0 Å². The van der Waals surface area contributed by atoms with Crippen molar-refractivity contribution in [1.29, 1.82) is 0 Å². The monoisotopic (exact) mass is 597 g/mol. The first kappa shape index (κ1) is 38.7. The van der Waals surface area contributed by atoms with Crippen LogP contribution in [0.1, 0.15) is 6.42 Å². The van der Waals surface area contributed by atoms with E-state index in [0.29, 0.717) is 119 Å². The van der Waals surface area contributed by atoms with Crippen LogP contribution in [0.25, 0.3) is 10.4 Å². The molecule has 0 atom stereocenters. The molecule has 0 aliphatic rings. The second-order valence-corrected chi connectivity index (χ2v) is 7.80. The fourth-order valence-electron chi connectivity index (χ4n) is 2.64. The fourth-order valence-corrected chi connectivity index (χ4v) is 2.64. The predicted molar refractivity (Wildman–Crippen MR) is 145 cm³/mol. The first-order chi connectivity index (χ1) is 20.2. The number of carbonyl (C=O) groups is 2. The number of azide groups is 1. The normalized spacial score (nSPS) is 10.8. The minimum Gasteiger partial charge on any atom is -0.465 e. The van der Waals surface area contributed by atoms with Gasteiger partial charge in [-0.1, -0.05) is 5.11 Å². The molecule has 0 spiro atoms. The Morgan fingerprint density at radius 2 is 0.854 bits per heavy atom. The van der Waals surface area contributed by atoms with Gasteiger partial charge in [0, 0.05) is 31.0 Å². The molecule has 240 valence electrons. The third-order valence-corrected chi connectivity index (χ3v) is 4.57. The smallest absolute Gasteiger partial charge is 0.404 e. The topological polar surface area (TPSA) is 210 Å². The molecule has 0 saturated carbocycles. The molecule has 0 aliphatic heterocycles. The van der Waals surface area contributed by atoms with Crippen LogP contribution in [0.15, 0.2) is 5.11 Å². The molecule has 0 aromatic rings. The average Bonchev–Trinajstić information content (AvgIpc) is 2.96. The molecule has 0 bridgehead atoms. The summed E-state index contributed by atoms with van der Waals surface area (Å²) in [6.07, 6.45) is -0.925.